The van der Waals surface area contributed by atoms with Gasteiger partial charge in [-0.1, -0.05) is 11.6 Å². The van der Waals surface area contributed by atoms with E-state index in [9.17, 15) is 18.0 Å². The summed E-state index contributed by atoms with van der Waals surface area (Å²) in [5, 5.41) is 2.92. The lowest BCUT2D eigenvalue weighted by Crippen LogP contribution is -2.41. The molecule has 0 spiro atoms. The summed E-state index contributed by atoms with van der Waals surface area (Å²) in [6.07, 6.45) is 0.102. The first-order valence-electron chi connectivity index (χ1n) is 7.38. The quantitative estimate of drug-likeness (QED) is 0.663. The van der Waals surface area contributed by atoms with E-state index in [1.54, 1.807) is 6.07 Å². The third-order valence-electron chi connectivity index (χ3n) is 3.72. The number of ether oxygens (including phenoxy) is 1. The molecule has 1 aliphatic heterocycles. The van der Waals surface area contributed by atoms with Gasteiger partial charge in [-0.2, -0.15) is 0 Å². The zero-order valence-corrected chi connectivity index (χ0v) is 15.1. The third kappa shape index (κ3) is 3.64. The predicted molar refractivity (Wildman–Crippen MR) is 94.6 cm³/mol. The van der Waals surface area contributed by atoms with Gasteiger partial charge in [0.25, 0.3) is 15.9 Å². The van der Waals surface area contributed by atoms with E-state index in [2.05, 4.69) is 10.7 Å². The number of hydrogen-bond acceptors (Lipinski definition) is 5. The van der Waals surface area contributed by atoms with Crippen LogP contribution in [0, 0.1) is 0 Å². The molecule has 0 aromatic heterocycles. The smallest absolute Gasteiger partial charge is 0.270 e. The molecule has 136 valence electrons. The van der Waals surface area contributed by atoms with Gasteiger partial charge in [0.1, 0.15) is 5.75 Å². The number of carbonyl (C=O) groups excluding carboxylic acids is 2. The normalized spacial score (nSPS) is 13.1. The molecule has 3 N–H and O–H groups in total. The highest BCUT2D eigenvalue weighted by Gasteiger charge is 2.23. The Labute approximate surface area is 154 Å². The molecular weight excluding hydrogens is 382 g/mol. The van der Waals surface area contributed by atoms with Gasteiger partial charge in [0, 0.05) is 10.7 Å². The number of halogens is 1. The minimum absolute atomic E-state index is 0.0754. The molecule has 0 saturated carbocycles. The number of sulfonamides is 1. The Bertz CT molecular complexity index is 1010. The number of benzene rings is 2. The number of nitrogens with one attached hydrogen (secondary N) is 3. The highest BCUT2D eigenvalue weighted by molar-refractivity contribution is 7.89. The Balaban J connectivity index is 1.77. The monoisotopic (exact) mass is 395 g/mol. The molecule has 2 aromatic carbocycles. The molecule has 8 nitrogen and oxygen atoms in total. The Morgan fingerprint density at radius 1 is 1.23 bits per heavy atom. The van der Waals surface area contributed by atoms with Crippen LogP contribution in [0.4, 0.5) is 5.69 Å². The van der Waals surface area contributed by atoms with E-state index in [4.69, 9.17) is 16.3 Å². The second-order valence-corrected chi connectivity index (χ2v) is 7.57. The van der Waals surface area contributed by atoms with Gasteiger partial charge in [-0.05, 0) is 42.0 Å². The fourth-order valence-electron chi connectivity index (χ4n) is 2.47. The van der Waals surface area contributed by atoms with Crippen LogP contribution < -0.4 is 20.3 Å². The second-order valence-electron chi connectivity index (χ2n) is 5.45. The van der Waals surface area contributed by atoms with Crippen molar-refractivity contribution in [3.05, 3.63) is 52.5 Å². The van der Waals surface area contributed by atoms with Gasteiger partial charge in [0.15, 0.2) is 0 Å². The first-order chi connectivity index (χ1) is 12.3. The summed E-state index contributed by atoms with van der Waals surface area (Å²) in [5.74, 6) is -0.692. The lowest BCUT2D eigenvalue weighted by molar-refractivity contribution is -0.115. The number of anilines is 1. The SMILES string of the molecule is COc1ccc(Cl)cc1C(=O)NNS(=O)(=O)c1ccc2c(c1)CC(=O)N2. The van der Waals surface area contributed by atoms with E-state index in [-0.39, 0.29) is 28.5 Å². The van der Waals surface area contributed by atoms with Crippen molar-refractivity contribution >= 4 is 39.1 Å². The van der Waals surface area contributed by atoms with Gasteiger partial charge in [0.2, 0.25) is 5.91 Å². The molecule has 1 heterocycles. The minimum Gasteiger partial charge on any atom is -0.496 e. The maximum absolute atomic E-state index is 12.4. The van der Waals surface area contributed by atoms with Crippen LogP contribution in [-0.2, 0) is 21.2 Å². The van der Waals surface area contributed by atoms with E-state index in [0.717, 1.165) is 0 Å². The molecule has 10 heteroatoms. The van der Waals surface area contributed by atoms with Gasteiger partial charge in [-0.3, -0.25) is 15.0 Å². The molecule has 0 bridgehead atoms. The van der Waals surface area contributed by atoms with Crippen molar-refractivity contribution in [2.75, 3.05) is 12.4 Å². The summed E-state index contributed by atoms with van der Waals surface area (Å²) in [6, 6.07) is 8.60. The fourth-order valence-corrected chi connectivity index (χ4v) is 3.53. The van der Waals surface area contributed by atoms with E-state index in [1.807, 2.05) is 4.83 Å². The summed E-state index contributed by atoms with van der Waals surface area (Å²) >= 11 is 5.86. The van der Waals surface area contributed by atoms with Crippen LogP contribution >= 0.6 is 11.6 Å². The van der Waals surface area contributed by atoms with Crippen molar-refractivity contribution in [1.29, 1.82) is 0 Å². The van der Waals surface area contributed by atoms with Crippen molar-refractivity contribution in [3.63, 3.8) is 0 Å². The Morgan fingerprint density at radius 3 is 2.73 bits per heavy atom. The van der Waals surface area contributed by atoms with Crippen molar-refractivity contribution in [2.45, 2.75) is 11.3 Å². The second kappa shape index (κ2) is 6.94. The average molecular weight is 396 g/mol. The Kier molecular flexibility index (Phi) is 4.86. The van der Waals surface area contributed by atoms with Crippen LogP contribution in [0.3, 0.4) is 0 Å². The molecule has 2 aromatic rings. The number of amides is 2. The zero-order valence-electron chi connectivity index (χ0n) is 13.5. The number of rotatable bonds is 5. The minimum atomic E-state index is -4.03. The number of hydrogen-bond donors (Lipinski definition) is 3. The molecule has 26 heavy (non-hydrogen) atoms. The van der Waals surface area contributed by atoms with Crippen molar-refractivity contribution in [3.8, 4) is 5.75 Å². The number of hydrazine groups is 1. The predicted octanol–water partition coefficient (Wildman–Crippen LogP) is 1.47. The van der Waals surface area contributed by atoms with E-state index in [0.29, 0.717) is 16.3 Å². The summed E-state index contributed by atoms with van der Waals surface area (Å²) < 4.78 is 29.8. The Hall–Kier alpha value is -2.62. The van der Waals surface area contributed by atoms with Crippen molar-refractivity contribution in [1.82, 2.24) is 10.3 Å². The fraction of sp³-hybridized carbons (Fsp3) is 0.125. The lowest BCUT2D eigenvalue weighted by Gasteiger charge is -2.11. The molecule has 2 amide bonds. The number of carbonyl (C=O) groups is 2. The van der Waals surface area contributed by atoms with Crippen molar-refractivity contribution in [2.24, 2.45) is 0 Å². The van der Waals surface area contributed by atoms with Crippen molar-refractivity contribution < 1.29 is 22.7 Å². The summed E-state index contributed by atoms with van der Waals surface area (Å²) in [5.41, 5.74) is 3.33. The summed E-state index contributed by atoms with van der Waals surface area (Å²) in [4.78, 5) is 25.6. The Morgan fingerprint density at radius 2 is 2.00 bits per heavy atom. The highest BCUT2D eigenvalue weighted by atomic mass is 35.5. The molecule has 0 atom stereocenters. The summed E-state index contributed by atoms with van der Waals surface area (Å²) in [7, 11) is -2.65. The molecule has 0 saturated heterocycles. The maximum atomic E-state index is 12.4. The van der Waals surface area contributed by atoms with Crippen LogP contribution in [-0.4, -0.2) is 27.3 Å². The first-order valence-corrected chi connectivity index (χ1v) is 9.25. The molecule has 0 radical (unpaired) electrons. The van der Waals surface area contributed by atoms with Crippen LogP contribution in [0.15, 0.2) is 41.3 Å². The highest BCUT2D eigenvalue weighted by Crippen LogP contribution is 2.26. The van der Waals surface area contributed by atoms with Gasteiger partial charge in [-0.15, -0.1) is 4.83 Å². The molecule has 0 unspecified atom stereocenters. The van der Waals surface area contributed by atoms with E-state index < -0.39 is 15.9 Å². The van der Waals surface area contributed by atoms with Crippen LogP contribution in [0.5, 0.6) is 5.75 Å². The standard InChI is InChI=1S/C16H14ClN3O5S/c1-25-14-5-2-10(17)8-12(14)16(22)19-20-26(23,24)11-3-4-13-9(6-11)7-15(21)18-13/h2-6,8,20H,7H2,1H3,(H,18,21)(H,19,22). The largest absolute Gasteiger partial charge is 0.496 e. The van der Waals surface area contributed by atoms with Crippen LogP contribution in [0.25, 0.3) is 0 Å². The maximum Gasteiger partial charge on any atom is 0.270 e. The topological polar surface area (TPSA) is 114 Å². The van der Waals surface area contributed by atoms with Gasteiger partial charge >= 0.3 is 0 Å². The third-order valence-corrected chi connectivity index (χ3v) is 5.20. The first kappa shape index (κ1) is 18.2. The molecule has 0 aliphatic carbocycles. The molecular formula is C16H14ClN3O5S. The molecule has 3 rings (SSSR count). The molecule has 1 aliphatic rings. The summed E-state index contributed by atoms with van der Waals surface area (Å²) in [6.45, 7) is 0. The number of fused-ring (bicyclic) bond motifs is 1. The van der Waals surface area contributed by atoms with Gasteiger partial charge in [-0.25, -0.2) is 8.42 Å². The number of methoxy groups -OCH3 is 1. The van der Waals surface area contributed by atoms with Crippen LogP contribution in [0.2, 0.25) is 5.02 Å². The van der Waals surface area contributed by atoms with Crippen LogP contribution in [0.1, 0.15) is 15.9 Å². The lowest BCUT2D eigenvalue weighted by atomic mass is 10.2. The van der Waals surface area contributed by atoms with Gasteiger partial charge < -0.3 is 10.1 Å². The van der Waals surface area contributed by atoms with E-state index >= 15 is 0 Å². The zero-order chi connectivity index (χ0) is 18.9. The average Bonchev–Trinajstić information content (AvgIpc) is 2.98. The molecule has 0 fully saturated rings. The van der Waals surface area contributed by atoms with E-state index in [1.165, 1.54) is 37.4 Å². The van der Waals surface area contributed by atoms with Gasteiger partial charge in [0.05, 0.1) is 24.0 Å².